The lowest BCUT2D eigenvalue weighted by atomic mass is 10.1. The number of carbonyl (C=O) groups excluding carboxylic acids is 1. The number of carbonyl (C=O) groups is 1. The summed E-state index contributed by atoms with van der Waals surface area (Å²) in [5.74, 6) is 0. The number of likely N-dealkylation sites (tertiary alicyclic amines) is 1. The van der Waals surface area contributed by atoms with Gasteiger partial charge < -0.3 is 0 Å². The molecule has 2 nitrogen and oxygen atoms in total. The van der Waals surface area contributed by atoms with Gasteiger partial charge in [-0.15, -0.1) is 11.3 Å². The van der Waals surface area contributed by atoms with Gasteiger partial charge in [-0.05, 0) is 29.9 Å². The van der Waals surface area contributed by atoms with Crippen LogP contribution in [0, 0.1) is 0 Å². The van der Waals surface area contributed by atoms with Crippen LogP contribution in [-0.4, -0.2) is 30.4 Å². The average Bonchev–Trinajstić information content (AvgIpc) is 2.69. The molecule has 1 aliphatic heterocycles. The first-order chi connectivity index (χ1) is 7.28. The second-order valence-electron chi connectivity index (χ2n) is 3.93. The first-order valence-corrected chi connectivity index (χ1v) is 6.05. The first-order valence-electron chi connectivity index (χ1n) is 5.17. The number of aldehydes is 1. The van der Waals surface area contributed by atoms with Crippen LogP contribution < -0.4 is 0 Å². The minimum atomic E-state index is -0.616. The maximum atomic E-state index is 12.9. The van der Waals surface area contributed by atoms with Crippen molar-refractivity contribution in [3.05, 3.63) is 21.9 Å². The summed E-state index contributed by atoms with van der Waals surface area (Å²) in [6.45, 7) is 2.50. The van der Waals surface area contributed by atoms with E-state index in [9.17, 15) is 9.18 Å². The van der Waals surface area contributed by atoms with Crippen molar-refractivity contribution in [2.45, 2.75) is 25.6 Å². The second kappa shape index (κ2) is 4.86. The summed E-state index contributed by atoms with van der Waals surface area (Å²) in [5.41, 5.74) is 1.17. The molecule has 2 heterocycles. The fourth-order valence-corrected chi connectivity index (χ4v) is 2.56. The molecule has 82 valence electrons. The standard InChI is InChI=1S/C11H14FNOS/c12-10-1-3-13(4-2-10)6-9-5-11(7-14)15-8-9/h5,7-8,10H,1-4,6H2. The van der Waals surface area contributed by atoms with Crippen molar-refractivity contribution >= 4 is 17.6 Å². The Labute approximate surface area is 92.7 Å². The van der Waals surface area contributed by atoms with E-state index in [1.807, 2.05) is 11.4 Å². The van der Waals surface area contributed by atoms with E-state index < -0.39 is 6.17 Å². The topological polar surface area (TPSA) is 20.3 Å². The zero-order valence-electron chi connectivity index (χ0n) is 8.49. The fraction of sp³-hybridized carbons (Fsp3) is 0.545. The molecule has 0 aromatic carbocycles. The summed E-state index contributed by atoms with van der Waals surface area (Å²) in [6.07, 6.45) is 1.55. The number of nitrogens with zero attached hydrogens (tertiary/aromatic N) is 1. The highest BCUT2D eigenvalue weighted by Gasteiger charge is 2.18. The Bertz CT molecular complexity index is 331. The first kappa shape index (κ1) is 10.8. The molecule has 1 fully saturated rings. The average molecular weight is 227 g/mol. The lowest BCUT2D eigenvalue weighted by Crippen LogP contribution is -2.33. The van der Waals surface area contributed by atoms with E-state index >= 15 is 0 Å². The van der Waals surface area contributed by atoms with Crippen molar-refractivity contribution < 1.29 is 9.18 Å². The molecule has 0 radical (unpaired) electrons. The molecule has 0 unspecified atom stereocenters. The number of halogens is 1. The van der Waals surface area contributed by atoms with E-state index in [0.717, 1.165) is 30.8 Å². The predicted molar refractivity (Wildman–Crippen MR) is 59.1 cm³/mol. The quantitative estimate of drug-likeness (QED) is 0.739. The molecule has 1 aliphatic rings. The summed E-state index contributed by atoms with van der Waals surface area (Å²) >= 11 is 1.47. The molecule has 0 spiro atoms. The highest BCUT2D eigenvalue weighted by Crippen LogP contribution is 2.18. The number of alkyl halides is 1. The summed E-state index contributed by atoms with van der Waals surface area (Å²) < 4.78 is 12.9. The van der Waals surface area contributed by atoms with Crippen LogP contribution in [0.3, 0.4) is 0 Å². The highest BCUT2D eigenvalue weighted by molar-refractivity contribution is 7.11. The second-order valence-corrected chi connectivity index (χ2v) is 4.87. The summed E-state index contributed by atoms with van der Waals surface area (Å²) in [4.78, 5) is 13.5. The monoisotopic (exact) mass is 227 g/mol. The van der Waals surface area contributed by atoms with E-state index in [-0.39, 0.29) is 0 Å². The van der Waals surface area contributed by atoms with Crippen molar-refractivity contribution in [1.82, 2.24) is 4.90 Å². The molecule has 0 saturated carbocycles. The van der Waals surface area contributed by atoms with E-state index in [4.69, 9.17) is 0 Å². The molecule has 0 amide bonds. The van der Waals surface area contributed by atoms with Crippen molar-refractivity contribution in [2.75, 3.05) is 13.1 Å². The highest BCUT2D eigenvalue weighted by atomic mass is 32.1. The van der Waals surface area contributed by atoms with Gasteiger partial charge in [0.25, 0.3) is 0 Å². The fourth-order valence-electron chi connectivity index (χ4n) is 1.86. The Hall–Kier alpha value is -0.740. The van der Waals surface area contributed by atoms with Gasteiger partial charge in [0.1, 0.15) is 6.17 Å². The summed E-state index contributed by atoms with van der Waals surface area (Å²) in [7, 11) is 0. The molecular weight excluding hydrogens is 213 g/mol. The van der Waals surface area contributed by atoms with Gasteiger partial charge in [0, 0.05) is 19.6 Å². The van der Waals surface area contributed by atoms with Crippen LogP contribution in [0.5, 0.6) is 0 Å². The maximum absolute atomic E-state index is 12.9. The molecule has 1 aromatic heterocycles. The number of rotatable bonds is 3. The smallest absolute Gasteiger partial charge is 0.160 e. The summed E-state index contributed by atoms with van der Waals surface area (Å²) in [5, 5.41) is 2.01. The molecule has 0 bridgehead atoms. The molecule has 15 heavy (non-hydrogen) atoms. The number of hydrogen-bond acceptors (Lipinski definition) is 3. The Morgan fingerprint density at radius 2 is 2.27 bits per heavy atom. The Balaban J connectivity index is 1.88. The van der Waals surface area contributed by atoms with Crippen LogP contribution in [0.1, 0.15) is 28.1 Å². The van der Waals surface area contributed by atoms with Gasteiger partial charge in [0.15, 0.2) is 6.29 Å². The summed E-state index contributed by atoms with van der Waals surface area (Å²) in [6, 6.07) is 1.92. The van der Waals surface area contributed by atoms with Crippen molar-refractivity contribution in [3.63, 3.8) is 0 Å². The van der Waals surface area contributed by atoms with Crippen LogP contribution in [0.15, 0.2) is 11.4 Å². The van der Waals surface area contributed by atoms with Gasteiger partial charge >= 0.3 is 0 Å². The van der Waals surface area contributed by atoms with Gasteiger partial charge in [-0.25, -0.2) is 4.39 Å². The van der Waals surface area contributed by atoms with E-state index in [2.05, 4.69) is 4.90 Å². The zero-order chi connectivity index (χ0) is 10.7. The Morgan fingerprint density at radius 1 is 1.53 bits per heavy atom. The molecule has 0 aliphatic carbocycles. The Kier molecular flexibility index (Phi) is 3.49. The van der Waals surface area contributed by atoms with Gasteiger partial charge in [-0.3, -0.25) is 9.69 Å². The van der Waals surface area contributed by atoms with Crippen molar-refractivity contribution in [2.24, 2.45) is 0 Å². The van der Waals surface area contributed by atoms with Crippen LogP contribution in [0.25, 0.3) is 0 Å². The van der Waals surface area contributed by atoms with Crippen LogP contribution >= 0.6 is 11.3 Å². The minimum Gasteiger partial charge on any atom is -0.299 e. The minimum absolute atomic E-state index is 0.616. The van der Waals surface area contributed by atoms with Crippen LogP contribution in [0.2, 0.25) is 0 Å². The third kappa shape index (κ3) is 2.86. The molecule has 4 heteroatoms. The third-order valence-electron chi connectivity index (χ3n) is 2.71. The third-order valence-corrected chi connectivity index (χ3v) is 3.62. The molecule has 1 aromatic rings. The van der Waals surface area contributed by atoms with Gasteiger partial charge in [0.05, 0.1) is 4.88 Å². The number of hydrogen-bond donors (Lipinski definition) is 0. The molecule has 1 saturated heterocycles. The maximum Gasteiger partial charge on any atom is 0.160 e. The van der Waals surface area contributed by atoms with Gasteiger partial charge in [-0.1, -0.05) is 0 Å². The predicted octanol–water partition coefficient (Wildman–Crippen LogP) is 2.49. The molecule has 2 rings (SSSR count). The number of thiophene rings is 1. The largest absolute Gasteiger partial charge is 0.299 e. The van der Waals surface area contributed by atoms with Gasteiger partial charge in [0.2, 0.25) is 0 Å². The lowest BCUT2D eigenvalue weighted by Gasteiger charge is -2.28. The zero-order valence-corrected chi connectivity index (χ0v) is 9.30. The van der Waals surface area contributed by atoms with E-state index in [0.29, 0.717) is 12.8 Å². The van der Waals surface area contributed by atoms with Crippen LogP contribution in [-0.2, 0) is 6.54 Å². The van der Waals surface area contributed by atoms with Gasteiger partial charge in [-0.2, -0.15) is 0 Å². The molecule has 0 N–H and O–H groups in total. The van der Waals surface area contributed by atoms with Crippen molar-refractivity contribution in [3.8, 4) is 0 Å². The lowest BCUT2D eigenvalue weighted by molar-refractivity contribution is 0.112. The number of piperidine rings is 1. The van der Waals surface area contributed by atoms with Crippen molar-refractivity contribution in [1.29, 1.82) is 0 Å². The van der Waals surface area contributed by atoms with E-state index in [1.54, 1.807) is 0 Å². The van der Waals surface area contributed by atoms with Crippen LogP contribution in [0.4, 0.5) is 4.39 Å². The Morgan fingerprint density at radius 3 is 2.87 bits per heavy atom. The molecular formula is C11H14FNOS. The normalized spacial score (nSPS) is 19.3. The SMILES string of the molecule is O=Cc1cc(CN2CCC(F)CC2)cs1. The van der Waals surface area contributed by atoms with E-state index in [1.165, 1.54) is 16.9 Å². The molecule has 0 atom stereocenters.